The number of anilines is 1. The minimum atomic E-state index is -0.217. The summed E-state index contributed by atoms with van der Waals surface area (Å²) in [6.45, 7) is 9.49. The van der Waals surface area contributed by atoms with Gasteiger partial charge in [0.1, 0.15) is 0 Å². The fourth-order valence-electron chi connectivity index (χ4n) is 2.18. The van der Waals surface area contributed by atoms with Crippen LogP contribution in [-0.4, -0.2) is 41.5 Å². The molecule has 0 saturated carbocycles. The molecule has 4 nitrogen and oxygen atoms in total. The van der Waals surface area contributed by atoms with Crippen LogP contribution in [0.25, 0.3) is 0 Å². The highest BCUT2D eigenvalue weighted by molar-refractivity contribution is 6.00. The van der Waals surface area contributed by atoms with E-state index in [1.807, 2.05) is 27.7 Å². The topological polar surface area (TPSA) is 66.6 Å². The van der Waals surface area contributed by atoms with Crippen LogP contribution in [0.2, 0.25) is 0 Å². The molecule has 0 aromatic heterocycles. The van der Waals surface area contributed by atoms with Crippen molar-refractivity contribution in [2.45, 2.75) is 33.7 Å². The Bertz CT molecular complexity index is 440. The molecule has 112 valence electrons. The van der Waals surface area contributed by atoms with Crippen LogP contribution < -0.4 is 5.73 Å². The fraction of sp³-hybridized carbons (Fsp3) is 0.562. The molecule has 20 heavy (non-hydrogen) atoms. The van der Waals surface area contributed by atoms with Crippen LogP contribution in [0.1, 0.15) is 38.1 Å². The summed E-state index contributed by atoms with van der Waals surface area (Å²) >= 11 is 0. The van der Waals surface area contributed by atoms with Crippen LogP contribution in [0.5, 0.6) is 0 Å². The predicted molar refractivity (Wildman–Crippen MR) is 82.8 cm³/mol. The molecule has 0 radical (unpaired) electrons. The number of nitrogens with two attached hydrogens (primary N) is 1. The average molecular weight is 278 g/mol. The second kappa shape index (κ2) is 6.86. The van der Waals surface area contributed by atoms with E-state index < -0.39 is 0 Å². The molecule has 0 aliphatic rings. The van der Waals surface area contributed by atoms with Crippen molar-refractivity contribution >= 4 is 11.5 Å². The van der Waals surface area contributed by atoms with Crippen LogP contribution in [0.4, 0.5) is 5.69 Å². The van der Waals surface area contributed by atoms with Crippen molar-refractivity contribution in [2.24, 2.45) is 5.41 Å². The van der Waals surface area contributed by atoms with Crippen molar-refractivity contribution in [1.82, 2.24) is 4.90 Å². The van der Waals surface area contributed by atoms with Gasteiger partial charge in [0.05, 0.1) is 6.04 Å². The number of carbonyl (C=O) groups excluding carboxylic acids is 1. The molecule has 1 atom stereocenters. The zero-order chi connectivity index (χ0) is 15.3. The normalized spacial score (nSPS) is 13.5. The number of benzene rings is 1. The number of nitrogen functional groups attached to an aromatic ring is 1. The van der Waals surface area contributed by atoms with E-state index in [2.05, 4.69) is 4.90 Å². The van der Waals surface area contributed by atoms with Crippen LogP contribution in [0.15, 0.2) is 24.3 Å². The van der Waals surface area contributed by atoms with Crippen molar-refractivity contribution in [2.75, 3.05) is 25.4 Å². The van der Waals surface area contributed by atoms with Gasteiger partial charge in [0.2, 0.25) is 0 Å². The highest BCUT2D eigenvalue weighted by Gasteiger charge is 2.27. The van der Waals surface area contributed by atoms with Crippen LogP contribution in [0, 0.1) is 5.41 Å². The number of aliphatic hydroxyl groups is 1. The van der Waals surface area contributed by atoms with E-state index in [0.717, 1.165) is 6.54 Å². The van der Waals surface area contributed by atoms with Gasteiger partial charge >= 0.3 is 0 Å². The minimum Gasteiger partial charge on any atom is -0.399 e. The quantitative estimate of drug-likeness (QED) is 0.592. The first-order chi connectivity index (χ1) is 9.30. The molecule has 0 fully saturated rings. The van der Waals surface area contributed by atoms with E-state index in [0.29, 0.717) is 17.8 Å². The zero-order valence-corrected chi connectivity index (χ0v) is 12.9. The molecule has 0 saturated heterocycles. The van der Waals surface area contributed by atoms with Gasteiger partial charge in [0, 0.05) is 29.8 Å². The van der Waals surface area contributed by atoms with E-state index in [1.54, 1.807) is 24.3 Å². The van der Waals surface area contributed by atoms with Gasteiger partial charge in [-0.1, -0.05) is 20.8 Å². The molecule has 1 rings (SSSR count). The van der Waals surface area contributed by atoms with Gasteiger partial charge in [-0.3, -0.25) is 9.69 Å². The first kappa shape index (κ1) is 16.7. The number of nitrogens with zero attached hydrogens (tertiary/aromatic N) is 1. The maximum absolute atomic E-state index is 12.5. The molecule has 0 heterocycles. The van der Waals surface area contributed by atoms with Crippen molar-refractivity contribution in [3.05, 3.63) is 29.8 Å². The zero-order valence-electron chi connectivity index (χ0n) is 12.9. The summed E-state index contributed by atoms with van der Waals surface area (Å²) in [6, 6.07) is 6.80. The van der Waals surface area contributed by atoms with E-state index in [4.69, 9.17) is 5.73 Å². The van der Waals surface area contributed by atoms with Crippen LogP contribution >= 0.6 is 0 Å². The Balaban J connectivity index is 2.82. The first-order valence-electron chi connectivity index (χ1n) is 7.05. The molecule has 0 spiro atoms. The second-order valence-electron chi connectivity index (χ2n) is 6.05. The highest BCUT2D eigenvalue weighted by Crippen LogP contribution is 2.19. The lowest BCUT2D eigenvalue weighted by Gasteiger charge is -2.34. The van der Waals surface area contributed by atoms with Crippen molar-refractivity contribution in [3.63, 3.8) is 0 Å². The number of Topliss-reactive ketones (excluding diaryl/α,β-unsaturated/α-hetero) is 1. The minimum absolute atomic E-state index is 0.0839. The molecular weight excluding hydrogens is 252 g/mol. The molecule has 3 N–H and O–H groups in total. The summed E-state index contributed by atoms with van der Waals surface area (Å²) in [5, 5.41) is 9.38. The number of carbonyl (C=O) groups is 1. The monoisotopic (exact) mass is 278 g/mol. The number of hydrogen-bond donors (Lipinski definition) is 2. The fourth-order valence-corrected chi connectivity index (χ4v) is 2.18. The van der Waals surface area contributed by atoms with E-state index in [9.17, 15) is 9.90 Å². The lowest BCUT2D eigenvalue weighted by Crippen LogP contribution is -2.45. The molecule has 1 aromatic rings. The van der Waals surface area contributed by atoms with Gasteiger partial charge in [0.25, 0.3) is 0 Å². The summed E-state index contributed by atoms with van der Waals surface area (Å²) in [5.74, 6) is 0.0839. The van der Waals surface area contributed by atoms with Gasteiger partial charge in [-0.25, -0.2) is 0 Å². The van der Waals surface area contributed by atoms with Gasteiger partial charge in [-0.2, -0.15) is 0 Å². The van der Waals surface area contributed by atoms with Crippen molar-refractivity contribution < 1.29 is 9.90 Å². The molecule has 0 aliphatic heterocycles. The van der Waals surface area contributed by atoms with Crippen molar-refractivity contribution in [3.8, 4) is 0 Å². The molecule has 0 aliphatic carbocycles. The van der Waals surface area contributed by atoms with Crippen LogP contribution in [0.3, 0.4) is 0 Å². The molecule has 0 amide bonds. The largest absolute Gasteiger partial charge is 0.399 e. The first-order valence-corrected chi connectivity index (χ1v) is 7.05. The Morgan fingerprint density at radius 3 is 2.35 bits per heavy atom. The van der Waals surface area contributed by atoms with Gasteiger partial charge < -0.3 is 10.8 Å². The standard InChI is InChI=1S/C16H26N2O2/c1-5-18(10-16(3,4)11-19)12(2)15(20)13-6-8-14(17)9-7-13/h6-9,12,19H,5,10-11,17H2,1-4H3. The molecule has 0 bridgehead atoms. The summed E-state index contributed by atoms with van der Waals surface area (Å²) in [4.78, 5) is 14.6. The Labute approximate surface area is 121 Å². The SMILES string of the molecule is CCN(CC(C)(C)CO)C(C)C(=O)c1ccc(N)cc1. The smallest absolute Gasteiger partial charge is 0.179 e. The summed E-state index contributed by atoms with van der Waals surface area (Å²) in [6.07, 6.45) is 0. The lowest BCUT2D eigenvalue weighted by atomic mass is 9.92. The summed E-state index contributed by atoms with van der Waals surface area (Å²) in [7, 11) is 0. The molecule has 1 aromatic carbocycles. The number of rotatable bonds is 7. The number of hydrogen-bond acceptors (Lipinski definition) is 4. The van der Waals surface area contributed by atoms with E-state index in [-0.39, 0.29) is 23.8 Å². The van der Waals surface area contributed by atoms with Gasteiger partial charge in [-0.05, 0) is 37.7 Å². The number of aliphatic hydroxyl groups excluding tert-OH is 1. The lowest BCUT2D eigenvalue weighted by molar-refractivity contribution is 0.0664. The van der Waals surface area contributed by atoms with Crippen molar-refractivity contribution in [1.29, 1.82) is 0 Å². The van der Waals surface area contributed by atoms with E-state index >= 15 is 0 Å². The Kier molecular flexibility index (Phi) is 5.72. The Morgan fingerprint density at radius 1 is 1.35 bits per heavy atom. The maximum Gasteiger partial charge on any atom is 0.179 e. The number of ketones is 1. The molecule has 4 heteroatoms. The third-order valence-electron chi connectivity index (χ3n) is 3.59. The summed E-state index contributed by atoms with van der Waals surface area (Å²) in [5.41, 5.74) is 6.75. The average Bonchev–Trinajstić information content (AvgIpc) is 2.44. The molecule has 1 unspecified atom stereocenters. The predicted octanol–water partition coefficient (Wildman–Crippen LogP) is 2.18. The maximum atomic E-state index is 12.5. The third kappa shape index (κ3) is 4.32. The van der Waals surface area contributed by atoms with Gasteiger partial charge in [-0.15, -0.1) is 0 Å². The summed E-state index contributed by atoms with van der Waals surface area (Å²) < 4.78 is 0. The second-order valence-corrected chi connectivity index (χ2v) is 6.05. The van der Waals surface area contributed by atoms with Crippen LogP contribution in [-0.2, 0) is 0 Å². The Hall–Kier alpha value is -1.39. The van der Waals surface area contributed by atoms with Gasteiger partial charge in [0.15, 0.2) is 5.78 Å². The molecular formula is C16H26N2O2. The Morgan fingerprint density at radius 2 is 1.90 bits per heavy atom. The number of likely N-dealkylation sites (N-methyl/N-ethyl adjacent to an activating group) is 1. The highest BCUT2D eigenvalue weighted by atomic mass is 16.3. The van der Waals surface area contributed by atoms with E-state index in [1.165, 1.54) is 0 Å². The third-order valence-corrected chi connectivity index (χ3v) is 3.59.